The van der Waals surface area contributed by atoms with E-state index in [-0.39, 0.29) is 10.9 Å². The van der Waals surface area contributed by atoms with Gasteiger partial charge in [0.15, 0.2) is 0 Å². The van der Waals surface area contributed by atoms with Gasteiger partial charge in [0, 0.05) is 7.05 Å². The molecule has 0 atom stereocenters. The van der Waals surface area contributed by atoms with Crippen LogP contribution in [0, 0.1) is 19.7 Å². The Bertz CT molecular complexity index is 602. The molecule has 0 N–H and O–H groups in total. The van der Waals surface area contributed by atoms with Crippen molar-refractivity contribution in [3.63, 3.8) is 0 Å². The van der Waals surface area contributed by atoms with Gasteiger partial charge in [0.05, 0.1) is 5.52 Å². The van der Waals surface area contributed by atoms with E-state index in [2.05, 4.69) is 4.98 Å². The average molecular weight is 206 g/mol. The standard InChI is InChI=1S/C11H11FN2O/c1-6-4-5-8-9(10(6)12)11(15)14(3)7(2)13-8/h4-5H,1-3H3. The molecule has 0 aliphatic carbocycles. The first-order valence-electron chi connectivity index (χ1n) is 4.65. The van der Waals surface area contributed by atoms with E-state index >= 15 is 0 Å². The highest BCUT2D eigenvalue weighted by Crippen LogP contribution is 2.15. The molecule has 78 valence electrons. The summed E-state index contributed by atoms with van der Waals surface area (Å²) >= 11 is 0. The van der Waals surface area contributed by atoms with Crippen molar-refractivity contribution in [2.45, 2.75) is 13.8 Å². The molecule has 0 saturated carbocycles. The largest absolute Gasteiger partial charge is 0.299 e. The molecule has 2 aromatic rings. The summed E-state index contributed by atoms with van der Waals surface area (Å²) in [6.07, 6.45) is 0. The summed E-state index contributed by atoms with van der Waals surface area (Å²) in [6, 6.07) is 3.30. The minimum absolute atomic E-state index is 0.0723. The van der Waals surface area contributed by atoms with Crippen LogP contribution >= 0.6 is 0 Å². The summed E-state index contributed by atoms with van der Waals surface area (Å²) in [6.45, 7) is 3.35. The number of aryl methyl sites for hydroxylation is 2. The lowest BCUT2D eigenvalue weighted by Crippen LogP contribution is -2.21. The minimum Gasteiger partial charge on any atom is -0.299 e. The summed E-state index contributed by atoms with van der Waals surface area (Å²) in [4.78, 5) is 16.0. The SMILES string of the molecule is Cc1ccc2nc(C)n(C)c(=O)c2c1F. The molecule has 0 spiro atoms. The molecule has 0 radical (unpaired) electrons. The molecule has 0 saturated heterocycles. The van der Waals surface area contributed by atoms with Crippen LogP contribution < -0.4 is 5.56 Å². The minimum atomic E-state index is -0.472. The Balaban J connectivity index is 3.08. The van der Waals surface area contributed by atoms with Crippen LogP contribution in [0.25, 0.3) is 10.9 Å². The van der Waals surface area contributed by atoms with Crippen molar-refractivity contribution < 1.29 is 4.39 Å². The molecule has 1 aromatic carbocycles. The van der Waals surface area contributed by atoms with Crippen molar-refractivity contribution in [1.29, 1.82) is 0 Å². The number of aromatic nitrogens is 2. The normalized spacial score (nSPS) is 10.9. The number of benzene rings is 1. The Morgan fingerprint density at radius 3 is 2.67 bits per heavy atom. The number of hydrogen-bond donors (Lipinski definition) is 0. The fourth-order valence-corrected chi connectivity index (χ4v) is 1.53. The third kappa shape index (κ3) is 1.33. The molecule has 2 rings (SSSR count). The fraction of sp³-hybridized carbons (Fsp3) is 0.273. The highest BCUT2D eigenvalue weighted by atomic mass is 19.1. The first-order valence-corrected chi connectivity index (χ1v) is 4.65. The van der Waals surface area contributed by atoms with E-state index in [4.69, 9.17) is 0 Å². The Labute approximate surface area is 86.2 Å². The van der Waals surface area contributed by atoms with Gasteiger partial charge in [0.25, 0.3) is 5.56 Å². The lowest BCUT2D eigenvalue weighted by Gasteiger charge is -2.06. The summed E-state index contributed by atoms with van der Waals surface area (Å²) < 4.78 is 15.1. The summed E-state index contributed by atoms with van der Waals surface area (Å²) in [5.41, 5.74) is 0.544. The number of nitrogens with zero attached hydrogens (tertiary/aromatic N) is 2. The van der Waals surface area contributed by atoms with Crippen molar-refractivity contribution in [2.75, 3.05) is 0 Å². The predicted molar refractivity (Wildman–Crippen MR) is 56.4 cm³/mol. The monoisotopic (exact) mass is 206 g/mol. The van der Waals surface area contributed by atoms with Crippen LogP contribution in [0.3, 0.4) is 0 Å². The quantitative estimate of drug-likeness (QED) is 0.657. The van der Waals surface area contributed by atoms with Crippen molar-refractivity contribution in [1.82, 2.24) is 9.55 Å². The zero-order valence-corrected chi connectivity index (χ0v) is 8.84. The van der Waals surface area contributed by atoms with Gasteiger partial charge in [-0.25, -0.2) is 9.37 Å². The first-order chi connectivity index (χ1) is 7.02. The van der Waals surface area contributed by atoms with E-state index in [1.165, 1.54) is 4.57 Å². The zero-order valence-electron chi connectivity index (χ0n) is 8.84. The van der Waals surface area contributed by atoms with Gasteiger partial charge in [-0.05, 0) is 25.5 Å². The topological polar surface area (TPSA) is 34.9 Å². The number of hydrogen-bond acceptors (Lipinski definition) is 2. The summed E-state index contributed by atoms with van der Waals surface area (Å²) in [7, 11) is 1.59. The second-order valence-electron chi connectivity index (χ2n) is 3.61. The lowest BCUT2D eigenvalue weighted by atomic mass is 10.1. The highest BCUT2D eigenvalue weighted by Gasteiger charge is 2.11. The third-order valence-electron chi connectivity index (χ3n) is 2.60. The van der Waals surface area contributed by atoms with Crippen molar-refractivity contribution >= 4 is 10.9 Å². The highest BCUT2D eigenvalue weighted by molar-refractivity contribution is 5.79. The van der Waals surface area contributed by atoms with E-state index in [1.807, 2.05) is 0 Å². The second-order valence-corrected chi connectivity index (χ2v) is 3.61. The van der Waals surface area contributed by atoms with Crippen LogP contribution in [0.15, 0.2) is 16.9 Å². The third-order valence-corrected chi connectivity index (χ3v) is 2.60. The molecular formula is C11H11FN2O. The molecule has 1 heterocycles. The van der Waals surface area contributed by atoms with Gasteiger partial charge < -0.3 is 0 Å². The number of fused-ring (bicyclic) bond motifs is 1. The van der Waals surface area contributed by atoms with Crippen LogP contribution in [0.4, 0.5) is 4.39 Å². The molecule has 4 heteroatoms. The van der Waals surface area contributed by atoms with Crippen LogP contribution in [-0.2, 0) is 7.05 Å². The molecule has 0 aliphatic rings. The summed E-state index contributed by atoms with van der Waals surface area (Å²) in [5, 5.41) is 0.0723. The molecule has 0 bridgehead atoms. The Morgan fingerprint density at radius 1 is 1.33 bits per heavy atom. The molecule has 0 aliphatic heterocycles. The smallest absolute Gasteiger partial charge is 0.264 e. The number of halogens is 1. The van der Waals surface area contributed by atoms with Crippen LogP contribution in [0.2, 0.25) is 0 Å². The van der Waals surface area contributed by atoms with Crippen LogP contribution in [-0.4, -0.2) is 9.55 Å². The molecule has 0 fully saturated rings. The van der Waals surface area contributed by atoms with E-state index in [0.29, 0.717) is 16.9 Å². The van der Waals surface area contributed by atoms with Crippen LogP contribution in [0.5, 0.6) is 0 Å². The van der Waals surface area contributed by atoms with Gasteiger partial charge in [-0.3, -0.25) is 9.36 Å². The Morgan fingerprint density at radius 2 is 2.00 bits per heavy atom. The maximum Gasteiger partial charge on any atom is 0.264 e. The second kappa shape index (κ2) is 3.15. The van der Waals surface area contributed by atoms with Gasteiger partial charge >= 0.3 is 0 Å². The Hall–Kier alpha value is -1.71. The molecule has 1 aromatic heterocycles. The molecular weight excluding hydrogens is 195 g/mol. The molecule has 0 amide bonds. The summed E-state index contributed by atoms with van der Waals surface area (Å²) in [5.74, 6) is 0.108. The van der Waals surface area contributed by atoms with Crippen molar-refractivity contribution in [2.24, 2.45) is 7.05 Å². The maximum absolute atomic E-state index is 13.7. The van der Waals surface area contributed by atoms with Gasteiger partial charge in [-0.1, -0.05) is 6.07 Å². The number of rotatable bonds is 0. The average Bonchev–Trinajstić information content (AvgIpc) is 2.20. The lowest BCUT2D eigenvalue weighted by molar-refractivity contribution is 0.626. The first kappa shape index (κ1) is 9.83. The van der Waals surface area contributed by atoms with Gasteiger partial charge in [-0.2, -0.15) is 0 Å². The zero-order chi connectivity index (χ0) is 11.2. The van der Waals surface area contributed by atoms with Gasteiger partial charge in [-0.15, -0.1) is 0 Å². The molecule has 15 heavy (non-hydrogen) atoms. The van der Waals surface area contributed by atoms with E-state index in [0.717, 1.165) is 0 Å². The predicted octanol–water partition coefficient (Wildman–Crippen LogP) is 1.69. The maximum atomic E-state index is 13.7. The van der Waals surface area contributed by atoms with E-state index in [9.17, 15) is 9.18 Å². The molecule has 3 nitrogen and oxygen atoms in total. The van der Waals surface area contributed by atoms with E-state index < -0.39 is 5.82 Å². The van der Waals surface area contributed by atoms with Crippen molar-refractivity contribution in [3.05, 3.63) is 39.7 Å². The van der Waals surface area contributed by atoms with Crippen LogP contribution in [0.1, 0.15) is 11.4 Å². The van der Waals surface area contributed by atoms with Gasteiger partial charge in [0.2, 0.25) is 0 Å². The van der Waals surface area contributed by atoms with Crippen molar-refractivity contribution in [3.8, 4) is 0 Å². The van der Waals surface area contributed by atoms with Gasteiger partial charge in [0.1, 0.15) is 17.0 Å². The Kier molecular flexibility index (Phi) is 2.07. The fourth-order valence-electron chi connectivity index (χ4n) is 1.53. The molecule has 0 unspecified atom stereocenters. The van der Waals surface area contributed by atoms with E-state index in [1.54, 1.807) is 33.0 Å².